The average Bonchev–Trinajstić information content (AvgIpc) is 3.34. The van der Waals surface area contributed by atoms with Gasteiger partial charge in [-0.05, 0) is 43.7 Å². The number of carbonyl (C=O) groups is 2. The van der Waals surface area contributed by atoms with Gasteiger partial charge in [-0.2, -0.15) is 23.4 Å². The van der Waals surface area contributed by atoms with Gasteiger partial charge in [-0.25, -0.2) is 9.07 Å². The second-order valence-corrected chi connectivity index (χ2v) is 8.87. The van der Waals surface area contributed by atoms with E-state index in [4.69, 9.17) is 11.5 Å². The number of aromatic nitrogens is 4. The first-order valence-corrected chi connectivity index (χ1v) is 11.8. The molecule has 3 heterocycles. The molecule has 0 radical (unpaired) electrons. The normalized spacial score (nSPS) is 16.0. The van der Waals surface area contributed by atoms with E-state index in [0.29, 0.717) is 37.9 Å². The highest BCUT2D eigenvalue weighted by Crippen LogP contribution is 2.35. The standard InChI is InChI=1S/C25H25F4N7O2/c1-2-5-19(37)34-10-4-7-17(9-11-34)36-23(30)20(24(31)38)22(33-36)16-12-32-35(14-16)13-15-6-3-8-18(26)21(15)25(27,28)29/h3,6,8,12,14,17H,4,7,9-11,13,30H2,1H3,(H2,31,38)/t17-/m0/s1. The number of rotatable bonds is 5. The summed E-state index contributed by atoms with van der Waals surface area (Å²) in [5, 5.41) is 8.61. The summed E-state index contributed by atoms with van der Waals surface area (Å²) in [6, 6.07) is 2.87. The van der Waals surface area contributed by atoms with Gasteiger partial charge in [0.1, 0.15) is 22.9 Å². The monoisotopic (exact) mass is 531 g/mol. The molecule has 0 unspecified atom stereocenters. The Hall–Kier alpha value is -4.34. The lowest BCUT2D eigenvalue weighted by Gasteiger charge is -2.18. The Morgan fingerprint density at radius 1 is 1.21 bits per heavy atom. The second-order valence-electron chi connectivity index (χ2n) is 8.87. The van der Waals surface area contributed by atoms with Crippen LogP contribution in [-0.2, 0) is 17.5 Å². The van der Waals surface area contributed by atoms with E-state index < -0.39 is 23.5 Å². The van der Waals surface area contributed by atoms with E-state index in [9.17, 15) is 27.2 Å². The Morgan fingerprint density at radius 2 is 1.97 bits per heavy atom. The van der Waals surface area contributed by atoms with Crippen LogP contribution in [0.15, 0.2) is 30.6 Å². The van der Waals surface area contributed by atoms with Gasteiger partial charge < -0.3 is 16.4 Å². The lowest BCUT2D eigenvalue weighted by atomic mass is 10.1. The highest BCUT2D eigenvalue weighted by atomic mass is 19.4. The summed E-state index contributed by atoms with van der Waals surface area (Å²) in [5.74, 6) is 2.70. The van der Waals surface area contributed by atoms with Crippen molar-refractivity contribution < 1.29 is 27.2 Å². The molecule has 1 aliphatic heterocycles. The fourth-order valence-electron chi connectivity index (χ4n) is 4.65. The SMILES string of the molecule is CC#CC(=O)N1CCC[C@H](n2nc(-c3cnn(Cc4cccc(F)c4C(F)(F)F)c3)c(C(N)=O)c2N)CC1. The van der Waals surface area contributed by atoms with Crippen LogP contribution < -0.4 is 11.5 Å². The van der Waals surface area contributed by atoms with Crippen molar-refractivity contribution in [3.05, 3.63) is 53.1 Å². The van der Waals surface area contributed by atoms with Gasteiger partial charge >= 0.3 is 6.18 Å². The molecule has 1 aliphatic rings. The molecular weight excluding hydrogens is 506 g/mol. The largest absolute Gasteiger partial charge is 0.419 e. The van der Waals surface area contributed by atoms with Gasteiger partial charge in [0.05, 0.1) is 24.3 Å². The van der Waals surface area contributed by atoms with Crippen molar-refractivity contribution in [3.63, 3.8) is 0 Å². The van der Waals surface area contributed by atoms with Gasteiger partial charge in [0.15, 0.2) is 0 Å². The molecule has 2 amide bonds. The molecule has 1 fully saturated rings. The number of anilines is 1. The molecule has 0 saturated carbocycles. The number of carbonyl (C=O) groups excluding carboxylic acids is 2. The van der Waals surface area contributed by atoms with Crippen molar-refractivity contribution >= 4 is 17.6 Å². The summed E-state index contributed by atoms with van der Waals surface area (Å²) < 4.78 is 56.9. The van der Waals surface area contributed by atoms with Crippen LogP contribution in [0.5, 0.6) is 0 Å². The topological polar surface area (TPSA) is 125 Å². The van der Waals surface area contributed by atoms with Crippen molar-refractivity contribution in [2.75, 3.05) is 18.8 Å². The van der Waals surface area contributed by atoms with Crippen molar-refractivity contribution in [1.82, 2.24) is 24.5 Å². The molecule has 13 heteroatoms. The molecule has 9 nitrogen and oxygen atoms in total. The van der Waals surface area contributed by atoms with Gasteiger partial charge in [0.2, 0.25) is 0 Å². The molecule has 4 rings (SSSR count). The molecule has 38 heavy (non-hydrogen) atoms. The van der Waals surface area contributed by atoms with Crippen LogP contribution in [0.25, 0.3) is 11.3 Å². The fraction of sp³-hybridized carbons (Fsp3) is 0.360. The Balaban J connectivity index is 1.63. The third kappa shape index (κ3) is 5.34. The first-order chi connectivity index (χ1) is 18.0. The molecule has 0 spiro atoms. The van der Waals surface area contributed by atoms with Gasteiger partial charge in [0, 0.05) is 24.8 Å². The molecule has 2 aromatic heterocycles. The van der Waals surface area contributed by atoms with E-state index in [2.05, 4.69) is 22.0 Å². The Labute approximate surface area is 215 Å². The van der Waals surface area contributed by atoms with E-state index in [1.165, 1.54) is 33.9 Å². The maximum atomic E-state index is 14.0. The van der Waals surface area contributed by atoms with Gasteiger partial charge in [0.25, 0.3) is 11.8 Å². The van der Waals surface area contributed by atoms with Crippen LogP contribution >= 0.6 is 0 Å². The van der Waals surface area contributed by atoms with Crippen molar-refractivity contribution in [2.45, 2.75) is 44.9 Å². The van der Waals surface area contributed by atoms with Crippen LogP contribution in [0, 0.1) is 17.7 Å². The van der Waals surface area contributed by atoms with E-state index in [0.717, 1.165) is 6.07 Å². The smallest absolute Gasteiger partial charge is 0.383 e. The van der Waals surface area contributed by atoms with Crippen LogP contribution in [0.2, 0.25) is 0 Å². The first-order valence-electron chi connectivity index (χ1n) is 11.8. The number of alkyl halides is 3. The number of hydrogen-bond donors (Lipinski definition) is 2. The van der Waals surface area contributed by atoms with E-state index in [-0.39, 0.29) is 41.1 Å². The minimum Gasteiger partial charge on any atom is -0.383 e. The molecule has 1 saturated heterocycles. The lowest BCUT2D eigenvalue weighted by Crippen LogP contribution is -2.31. The summed E-state index contributed by atoms with van der Waals surface area (Å²) in [4.78, 5) is 26.1. The second kappa shape index (κ2) is 10.6. The number of nitrogens with two attached hydrogens (primary N) is 2. The van der Waals surface area contributed by atoms with E-state index >= 15 is 0 Å². The molecule has 1 aromatic carbocycles. The predicted molar refractivity (Wildman–Crippen MR) is 130 cm³/mol. The number of hydrogen-bond acceptors (Lipinski definition) is 5. The Morgan fingerprint density at radius 3 is 2.66 bits per heavy atom. The molecule has 0 bridgehead atoms. The number of primary amides is 1. The molecule has 200 valence electrons. The number of benzene rings is 1. The minimum absolute atomic E-state index is 0.0414. The average molecular weight is 532 g/mol. The maximum absolute atomic E-state index is 14.0. The van der Waals surface area contributed by atoms with Crippen LogP contribution in [0.1, 0.15) is 53.7 Å². The Kier molecular flexibility index (Phi) is 7.43. The van der Waals surface area contributed by atoms with Gasteiger partial charge in [-0.3, -0.25) is 14.3 Å². The highest BCUT2D eigenvalue weighted by molar-refractivity contribution is 6.03. The summed E-state index contributed by atoms with van der Waals surface area (Å²) in [7, 11) is 0. The lowest BCUT2D eigenvalue weighted by molar-refractivity contribution is -0.140. The number of nitrogens with zero attached hydrogens (tertiary/aromatic N) is 5. The summed E-state index contributed by atoms with van der Waals surface area (Å²) in [6.45, 7) is 2.16. The van der Waals surface area contributed by atoms with Crippen molar-refractivity contribution in [1.29, 1.82) is 0 Å². The number of halogens is 4. The van der Waals surface area contributed by atoms with Crippen LogP contribution in [0.4, 0.5) is 23.4 Å². The molecular formula is C25H25F4N7O2. The van der Waals surface area contributed by atoms with Crippen LogP contribution in [0.3, 0.4) is 0 Å². The molecule has 1 atom stereocenters. The molecule has 3 aromatic rings. The van der Waals surface area contributed by atoms with E-state index in [1.807, 2.05) is 0 Å². The molecule has 4 N–H and O–H groups in total. The zero-order valence-corrected chi connectivity index (χ0v) is 20.4. The molecule has 0 aliphatic carbocycles. The summed E-state index contributed by atoms with van der Waals surface area (Å²) in [5.41, 5.74) is 10.6. The highest BCUT2D eigenvalue weighted by Gasteiger charge is 2.37. The zero-order valence-electron chi connectivity index (χ0n) is 20.4. The van der Waals surface area contributed by atoms with E-state index in [1.54, 1.807) is 11.8 Å². The Bertz CT molecular complexity index is 1430. The third-order valence-electron chi connectivity index (χ3n) is 6.38. The quantitative estimate of drug-likeness (QED) is 0.386. The number of amides is 2. The van der Waals surface area contributed by atoms with Gasteiger partial charge in [-0.15, -0.1) is 0 Å². The number of likely N-dealkylation sites (tertiary alicyclic amines) is 1. The fourth-order valence-corrected chi connectivity index (χ4v) is 4.65. The third-order valence-corrected chi connectivity index (χ3v) is 6.38. The minimum atomic E-state index is -4.88. The first kappa shape index (κ1) is 26.7. The summed E-state index contributed by atoms with van der Waals surface area (Å²) >= 11 is 0. The zero-order chi connectivity index (χ0) is 27.6. The maximum Gasteiger partial charge on any atom is 0.419 e. The van der Waals surface area contributed by atoms with Crippen LogP contribution in [-0.4, -0.2) is 49.4 Å². The van der Waals surface area contributed by atoms with Crippen molar-refractivity contribution in [2.24, 2.45) is 5.73 Å². The number of nitrogen functional groups attached to an aromatic ring is 1. The van der Waals surface area contributed by atoms with Crippen molar-refractivity contribution in [3.8, 4) is 23.1 Å². The predicted octanol–water partition coefficient (Wildman–Crippen LogP) is 3.21. The summed E-state index contributed by atoms with van der Waals surface area (Å²) in [6.07, 6.45) is -0.366. The van der Waals surface area contributed by atoms with Gasteiger partial charge in [-0.1, -0.05) is 18.1 Å².